The van der Waals surface area contributed by atoms with Crippen molar-refractivity contribution in [3.63, 3.8) is 0 Å². The quantitative estimate of drug-likeness (QED) is 0.623. The number of halogens is 3. The Hall–Kier alpha value is -0.100. The zero-order chi connectivity index (χ0) is 7.44. The maximum absolute atomic E-state index is 11.7. The maximum Gasteiger partial charge on any atom is 0.270 e. The topological polar surface area (TPSA) is 37.3 Å². The van der Waals surface area contributed by atoms with Gasteiger partial charge < -0.3 is 4.55 Å². The van der Waals surface area contributed by atoms with Gasteiger partial charge in [-0.25, -0.2) is 17.4 Å². The highest BCUT2D eigenvalue weighted by atomic mass is 32.2. The van der Waals surface area contributed by atoms with Crippen LogP contribution < -0.4 is 0 Å². The molecule has 0 aliphatic rings. The van der Waals surface area contributed by atoms with Gasteiger partial charge in [-0.3, -0.25) is 0 Å². The molecule has 0 aliphatic carbocycles. The molecular weight excluding hydrogens is 157 g/mol. The number of hydrogen-bond acceptors (Lipinski definition) is 1. The summed E-state index contributed by atoms with van der Waals surface area (Å²) in [5.41, 5.74) is 0. The Morgan fingerprint density at radius 2 is 1.89 bits per heavy atom. The lowest BCUT2D eigenvalue weighted by Gasteiger charge is -2.01. The average molecular weight is 162 g/mol. The summed E-state index contributed by atoms with van der Waals surface area (Å²) in [5.74, 6) is -1.02. The number of alkyl halides is 3. The maximum atomic E-state index is 11.7. The van der Waals surface area contributed by atoms with Crippen molar-refractivity contribution in [1.29, 1.82) is 0 Å². The van der Waals surface area contributed by atoms with Crippen LogP contribution in [-0.4, -0.2) is 27.1 Å². The Balaban J connectivity index is 3.50. The first kappa shape index (κ1) is 8.90. The zero-order valence-corrected chi connectivity index (χ0v) is 5.08. The summed E-state index contributed by atoms with van der Waals surface area (Å²) in [4.78, 5) is 0. The molecule has 0 rings (SSSR count). The van der Waals surface area contributed by atoms with E-state index in [1.165, 1.54) is 0 Å². The highest BCUT2D eigenvalue weighted by molar-refractivity contribution is 7.79. The van der Waals surface area contributed by atoms with Gasteiger partial charge in [0.15, 0.2) is 17.3 Å². The van der Waals surface area contributed by atoms with Crippen molar-refractivity contribution in [2.45, 2.75) is 12.6 Å². The molecule has 2 nitrogen and oxygen atoms in total. The third-order valence-corrected chi connectivity index (χ3v) is 1.18. The van der Waals surface area contributed by atoms with Crippen LogP contribution in [0.3, 0.4) is 0 Å². The Morgan fingerprint density at radius 1 is 1.44 bits per heavy atom. The van der Waals surface area contributed by atoms with E-state index in [0.717, 1.165) is 0 Å². The lowest BCUT2D eigenvalue weighted by molar-refractivity contribution is 0.0617. The molecular formula is C3H5F3O2S. The summed E-state index contributed by atoms with van der Waals surface area (Å²) in [5, 5.41) is 0. The van der Waals surface area contributed by atoms with Gasteiger partial charge in [0.2, 0.25) is 0 Å². The standard InChI is InChI=1S/C3H5F3O2S/c4-2(3(5)6)1-9(7)8/h2-3H,1H2,(H,7,8). The largest absolute Gasteiger partial charge is 0.306 e. The summed E-state index contributed by atoms with van der Waals surface area (Å²) in [6.45, 7) is 0. The summed E-state index contributed by atoms with van der Waals surface area (Å²) in [6.07, 6.45) is -5.66. The first-order valence-electron chi connectivity index (χ1n) is 2.03. The fraction of sp³-hybridized carbons (Fsp3) is 1.00. The third-order valence-electron chi connectivity index (χ3n) is 0.575. The number of hydrogen-bond donors (Lipinski definition) is 1. The Kier molecular flexibility index (Phi) is 3.79. The second kappa shape index (κ2) is 3.84. The van der Waals surface area contributed by atoms with Crippen molar-refractivity contribution in [2.75, 3.05) is 5.75 Å². The Bertz CT molecular complexity index is 107. The lowest BCUT2D eigenvalue weighted by atomic mass is 10.5. The first-order valence-corrected chi connectivity index (χ1v) is 3.31. The average Bonchev–Trinajstić information content (AvgIpc) is 1.63. The molecule has 0 aromatic carbocycles. The molecule has 0 aromatic heterocycles. The van der Waals surface area contributed by atoms with Gasteiger partial charge in [0.25, 0.3) is 6.43 Å². The monoisotopic (exact) mass is 162 g/mol. The predicted molar refractivity (Wildman–Crippen MR) is 26.5 cm³/mol. The molecule has 0 saturated carbocycles. The lowest BCUT2D eigenvalue weighted by Crippen LogP contribution is -2.19. The van der Waals surface area contributed by atoms with Gasteiger partial charge in [-0.1, -0.05) is 0 Å². The van der Waals surface area contributed by atoms with Gasteiger partial charge in [-0.15, -0.1) is 0 Å². The summed E-state index contributed by atoms with van der Waals surface area (Å²) in [7, 11) is 0. The molecule has 0 saturated heterocycles. The molecule has 0 bridgehead atoms. The van der Waals surface area contributed by atoms with Gasteiger partial charge in [0, 0.05) is 0 Å². The van der Waals surface area contributed by atoms with Gasteiger partial charge in [-0.05, 0) is 0 Å². The van der Waals surface area contributed by atoms with Crippen LogP contribution in [-0.2, 0) is 11.1 Å². The van der Waals surface area contributed by atoms with E-state index in [2.05, 4.69) is 0 Å². The van der Waals surface area contributed by atoms with Crippen LogP contribution in [0.4, 0.5) is 13.2 Å². The molecule has 0 radical (unpaired) electrons. The van der Waals surface area contributed by atoms with Gasteiger partial charge in [-0.2, -0.15) is 0 Å². The molecule has 0 heterocycles. The number of rotatable bonds is 3. The van der Waals surface area contributed by atoms with E-state index in [0.29, 0.717) is 0 Å². The molecule has 0 aliphatic heterocycles. The Morgan fingerprint density at radius 3 is 2.00 bits per heavy atom. The van der Waals surface area contributed by atoms with Gasteiger partial charge in [0.1, 0.15) is 0 Å². The highest BCUT2D eigenvalue weighted by Crippen LogP contribution is 2.05. The molecule has 9 heavy (non-hydrogen) atoms. The predicted octanol–water partition coefficient (Wildman–Crippen LogP) is 0.811. The molecule has 0 spiro atoms. The SMILES string of the molecule is O=S(O)CC(F)C(F)F. The van der Waals surface area contributed by atoms with Crippen molar-refractivity contribution in [3.8, 4) is 0 Å². The van der Waals surface area contributed by atoms with E-state index in [1.54, 1.807) is 0 Å². The highest BCUT2D eigenvalue weighted by Gasteiger charge is 2.20. The fourth-order valence-corrected chi connectivity index (χ4v) is 0.627. The van der Waals surface area contributed by atoms with Crippen molar-refractivity contribution in [1.82, 2.24) is 0 Å². The van der Waals surface area contributed by atoms with Crippen LogP contribution in [0.1, 0.15) is 0 Å². The van der Waals surface area contributed by atoms with Crippen LogP contribution in [0.2, 0.25) is 0 Å². The summed E-state index contributed by atoms with van der Waals surface area (Å²) < 4.78 is 51.5. The zero-order valence-electron chi connectivity index (χ0n) is 4.26. The van der Waals surface area contributed by atoms with E-state index in [1.807, 2.05) is 0 Å². The normalized spacial score (nSPS) is 17.9. The van der Waals surface area contributed by atoms with Crippen molar-refractivity contribution < 1.29 is 21.9 Å². The molecule has 0 amide bonds. The molecule has 0 fully saturated rings. The molecule has 2 atom stereocenters. The van der Waals surface area contributed by atoms with Crippen molar-refractivity contribution >= 4 is 11.1 Å². The van der Waals surface area contributed by atoms with Crippen molar-refractivity contribution in [2.24, 2.45) is 0 Å². The van der Waals surface area contributed by atoms with E-state index in [4.69, 9.17) is 4.55 Å². The van der Waals surface area contributed by atoms with E-state index >= 15 is 0 Å². The van der Waals surface area contributed by atoms with E-state index in [9.17, 15) is 17.4 Å². The second-order valence-corrected chi connectivity index (χ2v) is 2.31. The summed E-state index contributed by atoms with van der Waals surface area (Å²) in [6, 6.07) is 0. The van der Waals surface area contributed by atoms with Crippen LogP contribution in [0.15, 0.2) is 0 Å². The minimum absolute atomic E-state index is 1.02. The molecule has 56 valence electrons. The summed E-state index contributed by atoms with van der Waals surface area (Å²) >= 11 is -2.47. The van der Waals surface area contributed by atoms with Gasteiger partial charge >= 0.3 is 0 Å². The molecule has 1 N–H and O–H groups in total. The second-order valence-electron chi connectivity index (χ2n) is 1.34. The smallest absolute Gasteiger partial charge is 0.270 e. The Labute approximate surface area is 52.3 Å². The van der Waals surface area contributed by atoms with Crippen LogP contribution in [0.5, 0.6) is 0 Å². The third kappa shape index (κ3) is 4.41. The molecule has 0 aromatic rings. The fourth-order valence-electron chi connectivity index (χ4n) is 0.209. The van der Waals surface area contributed by atoms with Crippen LogP contribution >= 0.6 is 0 Å². The molecule has 2 unspecified atom stereocenters. The van der Waals surface area contributed by atoms with E-state index < -0.39 is 29.4 Å². The van der Waals surface area contributed by atoms with Crippen LogP contribution in [0, 0.1) is 0 Å². The van der Waals surface area contributed by atoms with Gasteiger partial charge in [0.05, 0.1) is 5.75 Å². The van der Waals surface area contributed by atoms with E-state index in [-0.39, 0.29) is 0 Å². The molecule has 6 heteroatoms. The minimum Gasteiger partial charge on any atom is -0.306 e. The van der Waals surface area contributed by atoms with Crippen molar-refractivity contribution in [3.05, 3.63) is 0 Å². The first-order chi connectivity index (χ1) is 4.04. The van der Waals surface area contributed by atoms with Crippen LogP contribution in [0.25, 0.3) is 0 Å². The minimum atomic E-state index is -3.17.